The number of hydrogen-bond acceptors (Lipinski definition) is 1. The molecule has 0 unspecified atom stereocenters. The standard InChI is InChI=1S/C37H29NO.C5H12/c1-3-11-36-30(4-2)33-24-28(20-21-37(33)39-36)26-13-9-12-25(22-26)27-14-10-15-29(23-27)38-34-18-7-5-16-31(34)32-17-6-8-19-35(32)38;1-3-5-4-2/h3,5-24H,4H2,1-2H3;3-5H2,1-2H3/b11-3-;. The van der Waals surface area contributed by atoms with Gasteiger partial charge in [-0.1, -0.05) is 119 Å². The summed E-state index contributed by atoms with van der Waals surface area (Å²) in [7, 11) is 0. The molecule has 0 spiro atoms. The molecule has 2 heterocycles. The van der Waals surface area contributed by atoms with Gasteiger partial charge in [0.1, 0.15) is 11.3 Å². The van der Waals surface area contributed by atoms with Crippen LogP contribution in [0.1, 0.15) is 58.3 Å². The highest BCUT2D eigenvalue weighted by atomic mass is 16.3. The SMILES string of the molecule is C/C=C\c1oc2ccc(-c3cccc(-c4cccc(-n5c6ccccc6c6ccccc65)c4)c3)cc2c1CC.CCCCC. The van der Waals surface area contributed by atoms with Crippen LogP contribution in [0.3, 0.4) is 0 Å². The van der Waals surface area contributed by atoms with Crippen molar-refractivity contribution in [1.82, 2.24) is 4.57 Å². The average Bonchev–Trinajstić information content (AvgIpc) is 3.60. The van der Waals surface area contributed by atoms with Gasteiger partial charge in [0, 0.05) is 27.4 Å². The van der Waals surface area contributed by atoms with Gasteiger partial charge in [0.2, 0.25) is 0 Å². The van der Waals surface area contributed by atoms with E-state index in [0.717, 1.165) is 17.8 Å². The normalized spacial score (nSPS) is 11.5. The first-order valence-electron chi connectivity index (χ1n) is 16.0. The summed E-state index contributed by atoms with van der Waals surface area (Å²) in [4.78, 5) is 0. The summed E-state index contributed by atoms with van der Waals surface area (Å²) in [5, 5.41) is 3.75. The van der Waals surface area contributed by atoms with Crippen LogP contribution in [0.25, 0.3) is 66.8 Å². The van der Waals surface area contributed by atoms with Crippen molar-refractivity contribution in [2.75, 3.05) is 0 Å². The summed E-state index contributed by atoms with van der Waals surface area (Å²) in [6.45, 7) is 8.64. The average molecular weight is 576 g/mol. The molecule has 0 saturated carbocycles. The Morgan fingerprint density at radius 1 is 0.591 bits per heavy atom. The van der Waals surface area contributed by atoms with E-state index in [4.69, 9.17) is 4.42 Å². The molecule has 2 aromatic heterocycles. The number of benzene rings is 5. The minimum Gasteiger partial charge on any atom is -0.456 e. The summed E-state index contributed by atoms with van der Waals surface area (Å²) in [5.41, 5.74) is 10.6. The molecule has 44 heavy (non-hydrogen) atoms. The molecule has 0 aliphatic heterocycles. The fourth-order valence-corrected chi connectivity index (χ4v) is 6.25. The Hall–Kier alpha value is -4.82. The quantitative estimate of drug-likeness (QED) is 0.185. The van der Waals surface area contributed by atoms with Crippen LogP contribution >= 0.6 is 0 Å². The van der Waals surface area contributed by atoms with Gasteiger partial charge in [-0.05, 0) is 84.1 Å². The lowest BCUT2D eigenvalue weighted by Gasteiger charge is -2.11. The Morgan fingerprint density at radius 2 is 1.18 bits per heavy atom. The molecule has 7 aromatic rings. The molecule has 0 fully saturated rings. The number of para-hydroxylation sites is 2. The van der Waals surface area contributed by atoms with Crippen molar-refractivity contribution in [1.29, 1.82) is 0 Å². The highest BCUT2D eigenvalue weighted by Gasteiger charge is 2.14. The second-order valence-electron chi connectivity index (χ2n) is 11.4. The van der Waals surface area contributed by atoms with Crippen LogP contribution in [-0.4, -0.2) is 4.57 Å². The van der Waals surface area contributed by atoms with Crippen molar-refractivity contribution in [3.8, 4) is 27.9 Å². The fourth-order valence-electron chi connectivity index (χ4n) is 6.25. The first-order chi connectivity index (χ1) is 21.7. The van der Waals surface area contributed by atoms with Gasteiger partial charge in [0.25, 0.3) is 0 Å². The van der Waals surface area contributed by atoms with Gasteiger partial charge in [-0.3, -0.25) is 0 Å². The molecular weight excluding hydrogens is 534 g/mol. The van der Waals surface area contributed by atoms with Gasteiger partial charge in [-0.25, -0.2) is 0 Å². The Kier molecular flexibility index (Phi) is 8.79. The number of fused-ring (bicyclic) bond motifs is 4. The summed E-state index contributed by atoms with van der Waals surface area (Å²) < 4.78 is 8.51. The van der Waals surface area contributed by atoms with Crippen LogP contribution in [-0.2, 0) is 6.42 Å². The first kappa shape index (κ1) is 29.3. The molecule has 0 atom stereocenters. The molecule has 0 aliphatic rings. The molecule has 0 radical (unpaired) electrons. The van der Waals surface area contributed by atoms with Crippen molar-refractivity contribution in [3.63, 3.8) is 0 Å². The van der Waals surface area contributed by atoms with E-state index in [1.165, 1.54) is 80.0 Å². The van der Waals surface area contributed by atoms with Gasteiger partial charge in [-0.2, -0.15) is 0 Å². The second-order valence-corrected chi connectivity index (χ2v) is 11.4. The lowest BCUT2D eigenvalue weighted by molar-refractivity contribution is 0.599. The van der Waals surface area contributed by atoms with Crippen molar-refractivity contribution in [2.45, 2.75) is 53.4 Å². The first-order valence-corrected chi connectivity index (χ1v) is 16.0. The van der Waals surface area contributed by atoms with Crippen molar-refractivity contribution >= 4 is 38.9 Å². The highest BCUT2D eigenvalue weighted by Crippen LogP contribution is 2.35. The van der Waals surface area contributed by atoms with Crippen LogP contribution < -0.4 is 0 Å². The highest BCUT2D eigenvalue weighted by molar-refractivity contribution is 6.09. The predicted molar refractivity (Wildman–Crippen MR) is 191 cm³/mol. The fraction of sp³-hybridized carbons (Fsp3) is 0.190. The molecule has 0 bridgehead atoms. The molecule has 0 N–H and O–H groups in total. The van der Waals surface area contributed by atoms with Gasteiger partial charge < -0.3 is 8.98 Å². The minimum atomic E-state index is 0.936. The van der Waals surface area contributed by atoms with Crippen LogP contribution in [0.5, 0.6) is 0 Å². The molecule has 7 rings (SSSR count). The van der Waals surface area contributed by atoms with E-state index < -0.39 is 0 Å². The molecule has 5 aromatic carbocycles. The number of unbranched alkanes of at least 4 members (excludes halogenated alkanes) is 2. The van der Waals surface area contributed by atoms with Crippen LogP contribution in [0.4, 0.5) is 0 Å². The third-order valence-electron chi connectivity index (χ3n) is 8.41. The van der Waals surface area contributed by atoms with Crippen molar-refractivity contribution in [3.05, 3.63) is 133 Å². The zero-order chi connectivity index (χ0) is 30.5. The third-order valence-corrected chi connectivity index (χ3v) is 8.41. The number of furan rings is 1. The summed E-state index contributed by atoms with van der Waals surface area (Å²) >= 11 is 0. The molecule has 0 amide bonds. The molecule has 2 heteroatoms. The summed E-state index contributed by atoms with van der Waals surface area (Å²) in [6, 6.07) is 41.6. The lowest BCUT2D eigenvalue weighted by Crippen LogP contribution is -1.94. The number of allylic oxidation sites excluding steroid dienone is 1. The zero-order valence-corrected chi connectivity index (χ0v) is 26.3. The van der Waals surface area contributed by atoms with Gasteiger partial charge >= 0.3 is 0 Å². The molecule has 220 valence electrons. The largest absolute Gasteiger partial charge is 0.456 e. The lowest BCUT2D eigenvalue weighted by atomic mass is 9.97. The molecule has 0 aliphatic carbocycles. The maximum Gasteiger partial charge on any atom is 0.135 e. The van der Waals surface area contributed by atoms with E-state index >= 15 is 0 Å². The Labute approximate surface area is 261 Å². The van der Waals surface area contributed by atoms with E-state index in [0.29, 0.717) is 0 Å². The van der Waals surface area contributed by atoms with Gasteiger partial charge in [0.05, 0.1) is 11.0 Å². The van der Waals surface area contributed by atoms with E-state index in [2.05, 4.69) is 147 Å². The summed E-state index contributed by atoms with van der Waals surface area (Å²) in [5.74, 6) is 0.961. The predicted octanol–water partition coefficient (Wildman–Crippen LogP) is 12.7. The smallest absolute Gasteiger partial charge is 0.135 e. The number of rotatable bonds is 7. The van der Waals surface area contributed by atoms with Gasteiger partial charge in [0.15, 0.2) is 0 Å². The third kappa shape index (κ3) is 5.61. The maximum absolute atomic E-state index is 6.13. The Morgan fingerprint density at radius 3 is 1.77 bits per heavy atom. The summed E-state index contributed by atoms with van der Waals surface area (Å²) in [6.07, 6.45) is 9.11. The number of hydrogen-bond donors (Lipinski definition) is 0. The topological polar surface area (TPSA) is 18.1 Å². The van der Waals surface area contributed by atoms with Crippen LogP contribution in [0.2, 0.25) is 0 Å². The maximum atomic E-state index is 6.13. The zero-order valence-electron chi connectivity index (χ0n) is 26.3. The Balaban J connectivity index is 0.000000637. The Bertz CT molecular complexity index is 2010. The van der Waals surface area contributed by atoms with E-state index in [9.17, 15) is 0 Å². The number of aryl methyl sites for hydroxylation is 1. The second kappa shape index (κ2) is 13.2. The van der Waals surface area contributed by atoms with Crippen LogP contribution in [0.15, 0.2) is 126 Å². The van der Waals surface area contributed by atoms with Crippen LogP contribution in [0, 0.1) is 0 Å². The van der Waals surface area contributed by atoms with Gasteiger partial charge in [-0.15, -0.1) is 0 Å². The van der Waals surface area contributed by atoms with Crippen molar-refractivity contribution < 1.29 is 4.42 Å². The minimum absolute atomic E-state index is 0.936. The van der Waals surface area contributed by atoms with E-state index in [-0.39, 0.29) is 0 Å². The van der Waals surface area contributed by atoms with E-state index in [1.54, 1.807) is 0 Å². The molecular formula is C42H41NO. The molecule has 2 nitrogen and oxygen atoms in total. The van der Waals surface area contributed by atoms with Crippen molar-refractivity contribution in [2.24, 2.45) is 0 Å². The van der Waals surface area contributed by atoms with E-state index in [1.807, 2.05) is 13.0 Å². The molecule has 0 saturated heterocycles. The number of nitrogens with zero attached hydrogens (tertiary/aromatic N) is 1. The number of aromatic nitrogens is 1. The monoisotopic (exact) mass is 575 g/mol.